The van der Waals surface area contributed by atoms with E-state index in [1.54, 1.807) is 24.3 Å². The minimum absolute atomic E-state index is 0.171. The highest BCUT2D eigenvalue weighted by molar-refractivity contribution is 6.33. The van der Waals surface area contributed by atoms with E-state index in [1.807, 2.05) is 0 Å². The van der Waals surface area contributed by atoms with Gasteiger partial charge in [0.1, 0.15) is 18.3 Å². The summed E-state index contributed by atoms with van der Waals surface area (Å²) in [6, 6.07) is 5.24. The highest BCUT2D eigenvalue weighted by Gasteiger charge is 2.12. The van der Waals surface area contributed by atoms with Gasteiger partial charge in [0.15, 0.2) is 0 Å². The van der Waals surface area contributed by atoms with Crippen molar-refractivity contribution in [3.8, 4) is 5.69 Å². The smallest absolute Gasteiger partial charge is 0.238 e. The maximum Gasteiger partial charge on any atom is 0.238 e. The number of halogens is 1. The summed E-state index contributed by atoms with van der Waals surface area (Å²) in [7, 11) is 0. The molecule has 0 spiro atoms. The van der Waals surface area contributed by atoms with Crippen LogP contribution in [0.4, 0.5) is 5.69 Å². The number of anilines is 1. The van der Waals surface area contributed by atoms with E-state index in [9.17, 15) is 4.79 Å². The van der Waals surface area contributed by atoms with Gasteiger partial charge in [-0.15, -0.1) is 6.58 Å². The van der Waals surface area contributed by atoms with Crippen LogP contribution in [0.3, 0.4) is 0 Å². The summed E-state index contributed by atoms with van der Waals surface area (Å²) in [6.45, 7) is 4.33. The lowest BCUT2D eigenvalue weighted by Crippen LogP contribution is -2.28. The zero-order chi connectivity index (χ0) is 14.4. The van der Waals surface area contributed by atoms with Gasteiger partial charge in [-0.1, -0.05) is 23.7 Å². The SMILES string of the molecule is C=CCNCC(=O)Nc1cccc(Cl)c1-n1cncn1. The molecule has 0 saturated carbocycles. The number of hydrogen-bond donors (Lipinski definition) is 2. The summed E-state index contributed by atoms with van der Waals surface area (Å²) in [4.78, 5) is 15.7. The Bertz CT molecular complexity index is 597. The van der Waals surface area contributed by atoms with E-state index in [0.717, 1.165) is 0 Å². The minimum Gasteiger partial charge on any atom is -0.323 e. The predicted octanol–water partition coefficient (Wildman–Crippen LogP) is 1.63. The zero-order valence-electron chi connectivity index (χ0n) is 10.7. The second kappa shape index (κ2) is 6.83. The van der Waals surface area contributed by atoms with Crippen molar-refractivity contribution < 1.29 is 4.79 Å². The molecule has 0 aliphatic carbocycles. The average Bonchev–Trinajstić information content (AvgIpc) is 2.93. The molecular formula is C13H14ClN5O. The Labute approximate surface area is 121 Å². The van der Waals surface area contributed by atoms with E-state index in [2.05, 4.69) is 27.3 Å². The van der Waals surface area contributed by atoms with Crippen molar-refractivity contribution in [2.75, 3.05) is 18.4 Å². The predicted molar refractivity (Wildman–Crippen MR) is 78.1 cm³/mol. The summed E-state index contributed by atoms with van der Waals surface area (Å²) in [6.07, 6.45) is 4.61. The normalized spacial score (nSPS) is 10.2. The first-order valence-corrected chi connectivity index (χ1v) is 6.35. The molecule has 0 unspecified atom stereocenters. The Morgan fingerprint density at radius 3 is 3.05 bits per heavy atom. The second-order valence-corrected chi connectivity index (χ2v) is 4.35. The number of rotatable bonds is 6. The minimum atomic E-state index is -0.171. The molecule has 104 valence electrons. The van der Waals surface area contributed by atoms with Crippen LogP contribution in [0.2, 0.25) is 5.02 Å². The second-order valence-electron chi connectivity index (χ2n) is 3.94. The fourth-order valence-corrected chi connectivity index (χ4v) is 1.92. The Morgan fingerprint density at radius 2 is 2.35 bits per heavy atom. The highest BCUT2D eigenvalue weighted by Crippen LogP contribution is 2.27. The molecule has 0 bridgehead atoms. The van der Waals surface area contributed by atoms with Gasteiger partial charge in [-0.3, -0.25) is 4.79 Å². The van der Waals surface area contributed by atoms with Crippen molar-refractivity contribution in [3.05, 3.63) is 48.5 Å². The van der Waals surface area contributed by atoms with Gasteiger partial charge in [0, 0.05) is 6.54 Å². The molecule has 2 aromatic rings. The molecule has 0 fully saturated rings. The molecule has 0 aliphatic rings. The van der Waals surface area contributed by atoms with Gasteiger partial charge in [0.25, 0.3) is 0 Å². The van der Waals surface area contributed by atoms with Gasteiger partial charge in [-0.25, -0.2) is 9.67 Å². The summed E-state index contributed by atoms with van der Waals surface area (Å²) in [5.41, 5.74) is 1.16. The van der Waals surface area contributed by atoms with E-state index < -0.39 is 0 Å². The van der Waals surface area contributed by atoms with Crippen molar-refractivity contribution >= 4 is 23.2 Å². The van der Waals surface area contributed by atoms with Crippen molar-refractivity contribution in [2.45, 2.75) is 0 Å². The Morgan fingerprint density at radius 1 is 1.50 bits per heavy atom. The maximum atomic E-state index is 11.8. The summed E-state index contributed by atoms with van der Waals surface area (Å²) in [5, 5.41) is 10.2. The number of carbonyl (C=O) groups excluding carboxylic acids is 1. The quantitative estimate of drug-likeness (QED) is 0.627. The third kappa shape index (κ3) is 3.43. The van der Waals surface area contributed by atoms with Crippen LogP contribution in [0.1, 0.15) is 0 Å². The van der Waals surface area contributed by atoms with Crippen molar-refractivity contribution in [2.24, 2.45) is 0 Å². The highest BCUT2D eigenvalue weighted by atomic mass is 35.5. The third-order valence-corrected chi connectivity index (χ3v) is 2.79. The standard InChI is InChI=1S/C13H14ClN5O/c1-2-6-15-7-12(20)18-11-5-3-4-10(14)13(11)19-9-16-8-17-19/h2-5,8-9,15H,1,6-7H2,(H,18,20). The van der Waals surface area contributed by atoms with Crippen molar-refractivity contribution in [3.63, 3.8) is 0 Å². The zero-order valence-corrected chi connectivity index (χ0v) is 11.5. The maximum absolute atomic E-state index is 11.8. The van der Waals surface area contributed by atoms with Crippen LogP contribution >= 0.6 is 11.6 Å². The van der Waals surface area contributed by atoms with E-state index in [4.69, 9.17) is 11.6 Å². The molecule has 1 aromatic heterocycles. The van der Waals surface area contributed by atoms with Gasteiger partial charge >= 0.3 is 0 Å². The van der Waals surface area contributed by atoms with E-state index >= 15 is 0 Å². The van der Waals surface area contributed by atoms with Gasteiger partial charge in [0.2, 0.25) is 5.91 Å². The third-order valence-electron chi connectivity index (χ3n) is 2.48. The fraction of sp³-hybridized carbons (Fsp3) is 0.154. The Hall–Kier alpha value is -2.18. The summed E-state index contributed by atoms with van der Waals surface area (Å²) in [5.74, 6) is -0.171. The Kier molecular flexibility index (Phi) is 4.86. The van der Waals surface area contributed by atoms with E-state index in [-0.39, 0.29) is 12.5 Å². The van der Waals surface area contributed by atoms with Crippen LogP contribution in [0, 0.1) is 0 Å². The number of aromatic nitrogens is 3. The van der Waals surface area contributed by atoms with Crippen LogP contribution in [-0.4, -0.2) is 33.8 Å². The molecule has 0 radical (unpaired) electrons. The molecule has 6 nitrogen and oxygen atoms in total. The van der Waals surface area contributed by atoms with Crippen LogP contribution in [-0.2, 0) is 4.79 Å². The van der Waals surface area contributed by atoms with Gasteiger partial charge in [-0.2, -0.15) is 5.10 Å². The van der Waals surface area contributed by atoms with Gasteiger partial charge < -0.3 is 10.6 Å². The van der Waals surface area contributed by atoms with E-state index in [1.165, 1.54) is 17.3 Å². The average molecular weight is 292 g/mol. The number of hydrogen-bond acceptors (Lipinski definition) is 4. The summed E-state index contributed by atoms with van der Waals surface area (Å²) >= 11 is 6.16. The molecule has 20 heavy (non-hydrogen) atoms. The van der Waals surface area contributed by atoms with E-state index in [0.29, 0.717) is 22.9 Å². The largest absolute Gasteiger partial charge is 0.323 e. The molecular weight excluding hydrogens is 278 g/mol. The van der Waals surface area contributed by atoms with Crippen molar-refractivity contribution in [1.29, 1.82) is 0 Å². The lowest BCUT2D eigenvalue weighted by atomic mass is 10.2. The number of carbonyl (C=O) groups is 1. The molecule has 0 atom stereocenters. The first-order valence-electron chi connectivity index (χ1n) is 5.97. The molecule has 2 N–H and O–H groups in total. The lowest BCUT2D eigenvalue weighted by molar-refractivity contribution is -0.115. The van der Waals surface area contributed by atoms with Gasteiger partial charge in [0.05, 0.1) is 17.3 Å². The van der Waals surface area contributed by atoms with Crippen LogP contribution in [0.15, 0.2) is 43.5 Å². The molecule has 7 heteroatoms. The number of para-hydroxylation sites is 1. The molecule has 1 aromatic carbocycles. The first-order chi connectivity index (χ1) is 9.72. The summed E-state index contributed by atoms with van der Waals surface area (Å²) < 4.78 is 1.51. The molecule has 1 heterocycles. The van der Waals surface area contributed by atoms with Crippen LogP contribution in [0.5, 0.6) is 0 Å². The molecule has 0 aliphatic heterocycles. The van der Waals surface area contributed by atoms with Crippen LogP contribution < -0.4 is 10.6 Å². The molecule has 0 saturated heterocycles. The first kappa shape index (κ1) is 14.2. The topological polar surface area (TPSA) is 71.8 Å². The number of amides is 1. The number of nitrogens with one attached hydrogen (secondary N) is 2. The molecule has 1 amide bonds. The lowest BCUT2D eigenvalue weighted by Gasteiger charge is -2.12. The monoisotopic (exact) mass is 291 g/mol. The van der Waals surface area contributed by atoms with Crippen molar-refractivity contribution in [1.82, 2.24) is 20.1 Å². The number of benzene rings is 1. The number of nitrogens with zero attached hydrogens (tertiary/aromatic N) is 3. The fourth-order valence-electron chi connectivity index (χ4n) is 1.65. The molecule has 2 rings (SSSR count). The Balaban J connectivity index is 2.18. The van der Waals surface area contributed by atoms with Crippen LogP contribution in [0.25, 0.3) is 5.69 Å². The van der Waals surface area contributed by atoms with Gasteiger partial charge in [-0.05, 0) is 12.1 Å².